The SMILES string of the molecule is C[C@@](CCc1cc(C#CCCCO)on1)(C(=O)COC1CCCCO1)S(C)(=O)=O. The van der Waals surface area contributed by atoms with Gasteiger partial charge in [-0.1, -0.05) is 11.1 Å². The van der Waals surface area contributed by atoms with E-state index in [4.69, 9.17) is 19.1 Å². The van der Waals surface area contributed by atoms with Crippen LogP contribution >= 0.6 is 0 Å². The number of carbonyl (C=O) groups is 1. The molecule has 2 atom stereocenters. The van der Waals surface area contributed by atoms with Gasteiger partial charge in [-0.25, -0.2) is 8.42 Å². The van der Waals surface area contributed by atoms with Crippen LogP contribution in [0.1, 0.15) is 56.9 Å². The highest BCUT2D eigenvalue weighted by Crippen LogP contribution is 2.25. The van der Waals surface area contributed by atoms with Gasteiger partial charge in [-0.15, -0.1) is 0 Å². The lowest BCUT2D eigenvalue weighted by molar-refractivity contribution is -0.170. The summed E-state index contributed by atoms with van der Waals surface area (Å²) in [6.45, 7) is 1.77. The predicted octanol–water partition coefficient (Wildman–Crippen LogP) is 1.65. The highest BCUT2D eigenvalue weighted by Gasteiger charge is 2.43. The number of ketones is 1. The molecule has 1 aliphatic rings. The van der Waals surface area contributed by atoms with Gasteiger partial charge < -0.3 is 19.1 Å². The van der Waals surface area contributed by atoms with Gasteiger partial charge in [-0.2, -0.15) is 0 Å². The van der Waals surface area contributed by atoms with Crippen LogP contribution in [0.2, 0.25) is 0 Å². The number of aryl methyl sites for hydroxylation is 1. The molecule has 1 unspecified atom stereocenters. The molecule has 2 rings (SSSR count). The largest absolute Gasteiger partial charge is 0.396 e. The van der Waals surface area contributed by atoms with E-state index in [0.717, 1.165) is 19.1 Å². The van der Waals surface area contributed by atoms with Crippen LogP contribution in [0.4, 0.5) is 0 Å². The first kappa shape index (κ1) is 23.5. The Kier molecular flexibility index (Phi) is 8.83. The first-order valence-electron chi connectivity index (χ1n) is 9.77. The van der Waals surface area contributed by atoms with Gasteiger partial charge in [0.1, 0.15) is 11.4 Å². The van der Waals surface area contributed by atoms with Gasteiger partial charge >= 0.3 is 0 Å². The van der Waals surface area contributed by atoms with E-state index in [1.165, 1.54) is 6.92 Å². The average molecular weight is 428 g/mol. The maximum absolute atomic E-state index is 12.7. The number of aliphatic hydroxyl groups is 1. The van der Waals surface area contributed by atoms with Crippen molar-refractivity contribution < 1.29 is 32.3 Å². The van der Waals surface area contributed by atoms with Crippen LogP contribution in [0.5, 0.6) is 0 Å². The van der Waals surface area contributed by atoms with Gasteiger partial charge in [-0.3, -0.25) is 4.79 Å². The number of aromatic nitrogens is 1. The molecule has 1 N–H and O–H groups in total. The van der Waals surface area contributed by atoms with E-state index in [-0.39, 0.29) is 26.1 Å². The van der Waals surface area contributed by atoms with E-state index < -0.39 is 26.7 Å². The van der Waals surface area contributed by atoms with Crippen molar-refractivity contribution in [3.63, 3.8) is 0 Å². The molecule has 0 aromatic carbocycles. The lowest BCUT2D eigenvalue weighted by atomic mass is 9.98. The number of nitrogens with zero attached hydrogens (tertiary/aromatic N) is 1. The molecule has 0 bridgehead atoms. The van der Waals surface area contributed by atoms with E-state index in [9.17, 15) is 13.2 Å². The van der Waals surface area contributed by atoms with E-state index in [2.05, 4.69) is 17.0 Å². The second-order valence-corrected chi connectivity index (χ2v) is 9.79. The standard InChI is InChI=1S/C20H29NO7S/c1-20(29(2,24)25,18(23)15-27-19-9-5-7-13-26-19)11-10-16-14-17(28-21-16)8-4-3-6-12-22/h14,19,22H,3,5-7,9-13,15H2,1-2H3/t19?,20-/m1/s1. The topological polar surface area (TPSA) is 116 Å². The van der Waals surface area contributed by atoms with Gasteiger partial charge in [0.2, 0.25) is 5.76 Å². The molecule has 1 fully saturated rings. The number of unbranched alkanes of at least 4 members (excludes halogenated alkanes) is 1. The number of Topliss-reactive ketones (excluding diaryl/α,β-unsaturated/α-hetero) is 1. The van der Waals surface area contributed by atoms with Crippen molar-refractivity contribution >= 4 is 15.6 Å². The average Bonchev–Trinajstić information content (AvgIpc) is 3.15. The molecular weight excluding hydrogens is 398 g/mol. The van der Waals surface area contributed by atoms with Crippen molar-refractivity contribution in [2.45, 2.75) is 62.9 Å². The Hall–Kier alpha value is -1.73. The Labute approximate surface area is 171 Å². The minimum Gasteiger partial charge on any atom is -0.396 e. The number of carbonyl (C=O) groups excluding carboxylic acids is 1. The highest BCUT2D eigenvalue weighted by atomic mass is 32.2. The normalized spacial score (nSPS) is 19.2. The Morgan fingerprint density at radius 3 is 2.90 bits per heavy atom. The Morgan fingerprint density at radius 2 is 2.24 bits per heavy atom. The summed E-state index contributed by atoms with van der Waals surface area (Å²) >= 11 is 0. The first-order chi connectivity index (χ1) is 13.8. The van der Waals surface area contributed by atoms with Gasteiger partial charge in [0, 0.05) is 32.0 Å². The number of hydrogen-bond acceptors (Lipinski definition) is 8. The minimum atomic E-state index is -3.68. The van der Waals surface area contributed by atoms with Crippen LogP contribution < -0.4 is 0 Å². The molecule has 0 radical (unpaired) electrons. The van der Waals surface area contributed by atoms with Crippen LogP contribution in [0.15, 0.2) is 10.6 Å². The Bertz CT molecular complexity index is 831. The predicted molar refractivity (Wildman–Crippen MR) is 106 cm³/mol. The summed E-state index contributed by atoms with van der Waals surface area (Å²) in [6.07, 6.45) is 4.64. The monoisotopic (exact) mass is 427 g/mol. The number of aliphatic hydroxyl groups excluding tert-OH is 1. The van der Waals surface area contributed by atoms with E-state index in [1.807, 2.05) is 0 Å². The molecule has 29 heavy (non-hydrogen) atoms. The summed E-state index contributed by atoms with van der Waals surface area (Å²) in [7, 11) is -3.68. The Balaban J connectivity index is 1.97. The zero-order valence-corrected chi connectivity index (χ0v) is 17.8. The van der Waals surface area contributed by atoms with Crippen LogP contribution in [0.3, 0.4) is 0 Å². The highest BCUT2D eigenvalue weighted by molar-refractivity contribution is 7.92. The molecule has 1 saturated heterocycles. The van der Waals surface area contributed by atoms with E-state index in [1.54, 1.807) is 6.07 Å². The van der Waals surface area contributed by atoms with Crippen molar-refractivity contribution in [1.82, 2.24) is 5.16 Å². The molecular formula is C20H29NO7S. The molecule has 162 valence electrons. The summed E-state index contributed by atoms with van der Waals surface area (Å²) in [4.78, 5) is 12.7. The first-order valence-corrected chi connectivity index (χ1v) is 11.7. The van der Waals surface area contributed by atoms with Gasteiger partial charge in [-0.05, 0) is 51.4 Å². The summed E-state index contributed by atoms with van der Waals surface area (Å²) in [5.41, 5.74) is 0.524. The van der Waals surface area contributed by atoms with E-state index in [0.29, 0.717) is 37.3 Å². The van der Waals surface area contributed by atoms with Crippen molar-refractivity contribution in [3.05, 3.63) is 17.5 Å². The molecule has 0 amide bonds. The summed E-state index contributed by atoms with van der Waals surface area (Å²) < 4.78 is 39.2. The minimum absolute atomic E-state index is 0.0590. The van der Waals surface area contributed by atoms with Crippen molar-refractivity contribution in [2.75, 3.05) is 26.1 Å². The van der Waals surface area contributed by atoms with Gasteiger partial charge in [0.25, 0.3) is 0 Å². The molecule has 1 aromatic rings. The molecule has 8 nitrogen and oxygen atoms in total. The fourth-order valence-corrected chi connectivity index (χ4v) is 3.81. The Morgan fingerprint density at radius 1 is 1.45 bits per heavy atom. The van der Waals surface area contributed by atoms with Crippen LogP contribution in [0, 0.1) is 11.8 Å². The molecule has 9 heteroatoms. The number of sulfone groups is 1. The molecule has 1 aliphatic heterocycles. The maximum atomic E-state index is 12.7. The maximum Gasteiger partial charge on any atom is 0.209 e. The fourth-order valence-electron chi connectivity index (χ4n) is 2.87. The molecule has 0 aliphatic carbocycles. The fraction of sp³-hybridized carbons (Fsp3) is 0.700. The van der Waals surface area contributed by atoms with Gasteiger partial charge in [0.05, 0.1) is 5.69 Å². The van der Waals surface area contributed by atoms with Crippen molar-refractivity contribution in [3.8, 4) is 11.8 Å². The van der Waals surface area contributed by atoms with Crippen LogP contribution in [-0.4, -0.2) is 61.6 Å². The number of ether oxygens (including phenoxy) is 2. The van der Waals surface area contributed by atoms with Crippen molar-refractivity contribution in [1.29, 1.82) is 0 Å². The van der Waals surface area contributed by atoms with Crippen LogP contribution in [-0.2, 0) is 30.5 Å². The zero-order chi connectivity index (χ0) is 21.3. The molecule has 1 aromatic heterocycles. The quantitative estimate of drug-likeness (QED) is 0.443. The third kappa shape index (κ3) is 6.93. The number of rotatable bonds is 10. The zero-order valence-electron chi connectivity index (χ0n) is 17.0. The number of hydrogen-bond donors (Lipinski definition) is 1. The summed E-state index contributed by atoms with van der Waals surface area (Å²) in [5.74, 6) is 5.52. The lowest BCUT2D eigenvalue weighted by Crippen LogP contribution is -2.46. The summed E-state index contributed by atoms with van der Waals surface area (Å²) in [5, 5.41) is 12.6. The lowest BCUT2D eigenvalue weighted by Gasteiger charge is -2.28. The van der Waals surface area contributed by atoms with Crippen molar-refractivity contribution in [2.24, 2.45) is 0 Å². The molecule has 0 spiro atoms. The third-order valence-corrected chi connectivity index (χ3v) is 7.10. The second kappa shape index (κ2) is 10.9. The smallest absolute Gasteiger partial charge is 0.209 e. The third-order valence-electron chi connectivity index (χ3n) is 5.04. The van der Waals surface area contributed by atoms with Gasteiger partial charge in [0.15, 0.2) is 21.9 Å². The molecule has 2 heterocycles. The molecule has 0 saturated carbocycles. The second-order valence-electron chi connectivity index (χ2n) is 7.34. The summed E-state index contributed by atoms with van der Waals surface area (Å²) in [6, 6.07) is 1.63. The van der Waals surface area contributed by atoms with Crippen LogP contribution in [0.25, 0.3) is 0 Å². The van der Waals surface area contributed by atoms with E-state index >= 15 is 0 Å².